The lowest BCUT2D eigenvalue weighted by Gasteiger charge is -2.09. The summed E-state index contributed by atoms with van der Waals surface area (Å²) in [5.74, 6) is 0.706. The molecule has 1 heterocycles. The van der Waals surface area contributed by atoms with Gasteiger partial charge >= 0.3 is 5.97 Å². The highest BCUT2D eigenvalue weighted by Gasteiger charge is 2.07. The Bertz CT molecular complexity index is 777. The Kier molecular flexibility index (Phi) is 4.52. The van der Waals surface area contributed by atoms with Gasteiger partial charge in [-0.25, -0.2) is 9.78 Å². The van der Waals surface area contributed by atoms with E-state index in [0.717, 1.165) is 24.4 Å². The van der Waals surface area contributed by atoms with E-state index in [9.17, 15) is 4.79 Å². The highest BCUT2D eigenvalue weighted by molar-refractivity contribution is 5.89. The average molecular weight is 306 g/mol. The highest BCUT2D eigenvalue weighted by Crippen LogP contribution is 2.12. The SMILES string of the molecule is COC(=O)c1ccc(Cn2ccnc2Cc2ccccc2)cc1. The van der Waals surface area contributed by atoms with E-state index in [2.05, 4.69) is 21.7 Å². The minimum Gasteiger partial charge on any atom is -0.465 e. The van der Waals surface area contributed by atoms with Crippen LogP contribution >= 0.6 is 0 Å². The Balaban J connectivity index is 1.74. The molecule has 0 aliphatic heterocycles. The summed E-state index contributed by atoms with van der Waals surface area (Å²) in [6, 6.07) is 17.7. The van der Waals surface area contributed by atoms with Crippen LogP contribution in [0.5, 0.6) is 0 Å². The van der Waals surface area contributed by atoms with Crippen molar-refractivity contribution >= 4 is 5.97 Å². The van der Waals surface area contributed by atoms with Gasteiger partial charge in [0, 0.05) is 25.4 Å². The summed E-state index contributed by atoms with van der Waals surface area (Å²) < 4.78 is 6.84. The van der Waals surface area contributed by atoms with Crippen molar-refractivity contribution in [3.05, 3.63) is 89.5 Å². The molecular formula is C19H18N2O2. The molecule has 23 heavy (non-hydrogen) atoms. The number of ether oxygens (including phenoxy) is 1. The fourth-order valence-electron chi connectivity index (χ4n) is 2.49. The molecule has 0 atom stereocenters. The quantitative estimate of drug-likeness (QED) is 0.679. The standard InChI is InChI=1S/C19H18N2O2/c1-23-19(22)17-9-7-16(8-10-17)14-21-12-11-20-18(21)13-15-5-3-2-4-6-15/h2-12H,13-14H2,1H3. The number of aromatic nitrogens is 2. The highest BCUT2D eigenvalue weighted by atomic mass is 16.5. The summed E-state index contributed by atoms with van der Waals surface area (Å²) in [7, 11) is 1.39. The van der Waals surface area contributed by atoms with Crippen LogP contribution in [0.3, 0.4) is 0 Å². The van der Waals surface area contributed by atoms with Gasteiger partial charge in [0.2, 0.25) is 0 Å². The van der Waals surface area contributed by atoms with Crippen LogP contribution in [0.15, 0.2) is 67.0 Å². The number of hydrogen-bond acceptors (Lipinski definition) is 3. The van der Waals surface area contributed by atoms with Gasteiger partial charge in [-0.2, -0.15) is 0 Å². The minimum absolute atomic E-state index is 0.316. The fraction of sp³-hybridized carbons (Fsp3) is 0.158. The Morgan fingerprint density at radius 3 is 2.48 bits per heavy atom. The Morgan fingerprint density at radius 1 is 1.04 bits per heavy atom. The van der Waals surface area contributed by atoms with Gasteiger partial charge in [-0.3, -0.25) is 0 Å². The number of carbonyl (C=O) groups excluding carboxylic acids is 1. The first-order valence-electron chi connectivity index (χ1n) is 7.47. The molecule has 0 radical (unpaired) electrons. The second-order valence-corrected chi connectivity index (χ2v) is 5.32. The van der Waals surface area contributed by atoms with E-state index in [4.69, 9.17) is 4.74 Å². The van der Waals surface area contributed by atoms with Crippen molar-refractivity contribution in [2.75, 3.05) is 7.11 Å². The Morgan fingerprint density at radius 2 is 1.78 bits per heavy atom. The largest absolute Gasteiger partial charge is 0.465 e. The van der Waals surface area contributed by atoms with Crippen LogP contribution in [0.25, 0.3) is 0 Å². The third kappa shape index (κ3) is 3.66. The zero-order valence-corrected chi connectivity index (χ0v) is 13.0. The van der Waals surface area contributed by atoms with Crippen LogP contribution in [0, 0.1) is 0 Å². The van der Waals surface area contributed by atoms with E-state index < -0.39 is 0 Å². The zero-order valence-electron chi connectivity index (χ0n) is 13.0. The van der Waals surface area contributed by atoms with Gasteiger partial charge in [0.25, 0.3) is 0 Å². The smallest absolute Gasteiger partial charge is 0.337 e. The van der Waals surface area contributed by atoms with Crippen LogP contribution in [0.2, 0.25) is 0 Å². The first kappa shape index (κ1) is 15.0. The summed E-state index contributed by atoms with van der Waals surface area (Å²) in [6.45, 7) is 0.726. The maximum atomic E-state index is 11.5. The maximum absolute atomic E-state index is 11.5. The van der Waals surface area contributed by atoms with Crippen molar-refractivity contribution in [1.29, 1.82) is 0 Å². The molecule has 0 fully saturated rings. The molecule has 4 heteroatoms. The zero-order chi connectivity index (χ0) is 16.1. The van der Waals surface area contributed by atoms with Crippen LogP contribution in [-0.2, 0) is 17.7 Å². The normalized spacial score (nSPS) is 10.5. The molecule has 0 N–H and O–H groups in total. The van der Waals surface area contributed by atoms with Crippen LogP contribution in [-0.4, -0.2) is 22.6 Å². The van der Waals surface area contributed by atoms with Crippen molar-refractivity contribution in [3.63, 3.8) is 0 Å². The molecule has 3 aromatic rings. The van der Waals surface area contributed by atoms with Gasteiger partial charge in [0.15, 0.2) is 0 Å². The summed E-state index contributed by atoms with van der Waals surface area (Å²) >= 11 is 0. The second-order valence-electron chi connectivity index (χ2n) is 5.32. The summed E-state index contributed by atoms with van der Waals surface area (Å²) in [5, 5.41) is 0. The van der Waals surface area contributed by atoms with E-state index in [1.807, 2.05) is 42.7 Å². The van der Waals surface area contributed by atoms with Crippen LogP contribution < -0.4 is 0 Å². The number of methoxy groups -OCH3 is 1. The van der Waals surface area contributed by atoms with E-state index in [-0.39, 0.29) is 5.97 Å². The predicted molar refractivity (Wildman–Crippen MR) is 88.4 cm³/mol. The fourth-order valence-corrected chi connectivity index (χ4v) is 2.49. The molecule has 0 unspecified atom stereocenters. The number of benzene rings is 2. The molecule has 1 aromatic heterocycles. The number of esters is 1. The van der Waals surface area contributed by atoms with Crippen molar-refractivity contribution in [2.24, 2.45) is 0 Å². The molecule has 3 rings (SSSR count). The van der Waals surface area contributed by atoms with Gasteiger partial charge in [-0.15, -0.1) is 0 Å². The first-order valence-corrected chi connectivity index (χ1v) is 7.47. The van der Waals surface area contributed by atoms with Gasteiger partial charge in [-0.05, 0) is 23.3 Å². The number of nitrogens with zero attached hydrogens (tertiary/aromatic N) is 2. The lowest BCUT2D eigenvalue weighted by Crippen LogP contribution is -2.06. The lowest BCUT2D eigenvalue weighted by atomic mass is 10.1. The Hall–Kier alpha value is -2.88. The van der Waals surface area contributed by atoms with Crippen molar-refractivity contribution in [2.45, 2.75) is 13.0 Å². The molecule has 0 saturated heterocycles. The number of carbonyl (C=O) groups is 1. The maximum Gasteiger partial charge on any atom is 0.337 e. The summed E-state index contributed by atoms with van der Waals surface area (Å²) in [5.41, 5.74) is 2.91. The average Bonchev–Trinajstić information content (AvgIpc) is 3.02. The van der Waals surface area contributed by atoms with Crippen LogP contribution in [0.4, 0.5) is 0 Å². The molecule has 0 bridgehead atoms. The third-order valence-corrected chi connectivity index (χ3v) is 3.73. The van der Waals surface area contributed by atoms with E-state index in [1.165, 1.54) is 12.7 Å². The van der Waals surface area contributed by atoms with Gasteiger partial charge in [0.05, 0.1) is 12.7 Å². The molecule has 0 amide bonds. The number of imidazole rings is 1. The lowest BCUT2D eigenvalue weighted by molar-refractivity contribution is 0.0600. The third-order valence-electron chi connectivity index (χ3n) is 3.73. The van der Waals surface area contributed by atoms with Crippen molar-refractivity contribution in [3.8, 4) is 0 Å². The van der Waals surface area contributed by atoms with Crippen LogP contribution in [0.1, 0.15) is 27.3 Å². The molecule has 4 nitrogen and oxygen atoms in total. The molecule has 0 aliphatic carbocycles. The number of hydrogen-bond donors (Lipinski definition) is 0. The molecule has 0 saturated carbocycles. The van der Waals surface area contributed by atoms with Gasteiger partial charge in [-0.1, -0.05) is 42.5 Å². The molecule has 0 aliphatic rings. The van der Waals surface area contributed by atoms with E-state index in [0.29, 0.717) is 5.56 Å². The molecule has 116 valence electrons. The predicted octanol–water partition coefficient (Wildman–Crippen LogP) is 3.31. The minimum atomic E-state index is -0.316. The topological polar surface area (TPSA) is 44.1 Å². The first-order chi connectivity index (χ1) is 11.3. The van der Waals surface area contributed by atoms with E-state index in [1.54, 1.807) is 12.1 Å². The number of rotatable bonds is 5. The van der Waals surface area contributed by atoms with E-state index >= 15 is 0 Å². The van der Waals surface area contributed by atoms with Gasteiger partial charge < -0.3 is 9.30 Å². The van der Waals surface area contributed by atoms with Crippen molar-refractivity contribution in [1.82, 2.24) is 9.55 Å². The van der Waals surface area contributed by atoms with Gasteiger partial charge in [0.1, 0.15) is 5.82 Å². The van der Waals surface area contributed by atoms with Crippen molar-refractivity contribution < 1.29 is 9.53 Å². The molecular weight excluding hydrogens is 288 g/mol. The molecule has 2 aromatic carbocycles. The Labute approximate surface area is 135 Å². The second kappa shape index (κ2) is 6.92. The summed E-state index contributed by atoms with van der Waals surface area (Å²) in [4.78, 5) is 15.9. The molecule has 0 spiro atoms. The summed E-state index contributed by atoms with van der Waals surface area (Å²) in [6.07, 6.45) is 4.60. The monoisotopic (exact) mass is 306 g/mol.